The lowest BCUT2D eigenvalue weighted by molar-refractivity contribution is -0.0415. The Labute approximate surface area is 226 Å². The predicted octanol–water partition coefficient (Wildman–Crippen LogP) is 6.36. The van der Waals surface area contributed by atoms with E-state index in [2.05, 4.69) is 83.1 Å². The monoisotopic (exact) mass is 519 g/mol. The number of rotatable bonds is 7. The Morgan fingerprint density at radius 2 is 1.79 bits per heavy atom. The smallest absolute Gasteiger partial charge is 0.256 e. The lowest BCUT2D eigenvalue weighted by Crippen LogP contribution is -2.20. The number of H-pyrrole nitrogens is 2. The lowest BCUT2D eigenvalue weighted by atomic mass is 9.90. The molecule has 0 aliphatic rings. The Morgan fingerprint density at radius 3 is 2.56 bits per heavy atom. The third kappa shape index (κ3) is 4.64. The summed E-state index contributed by atoms with van der Waals surface area (Å²) in [5.74, 6) is 0. The Hall–Kier alpha value is -4.20. The van der Waals surface area contributed by atoms with Gasteiger partial charge in [0, 0.05) is 40.7 Å². The standard InChI is InChI=1S/C32H33N5O2/c1-32(2,3)39-19-37-18-28(24-8-4-5-9-29(24)37)27-17-34-31(38)30-25-13-20(22-15-35-36-16-22)10-11-23(25)21(7-6-12-33)14-26(27)30/h4-5,8-11,13-18H,6-7,12,19,33H2,1-3H3,(H,34,38)(H,35,36). The molecule has 6 rings (SSSR count). The maximum absolute atomic E-state index is 13.5. The number of para-hydroxylation sites is 1. The summed E-state index contributed by atoms with van der Waals surface area (Å²) in [6.07, 6.45) is 9.35. The van der Waals surface area contributed by atoms with Crippen LogP contribution in [-0.4, -0.2) is 31.9 Å². The largest absolute Gasteiger partial charge is 0.355 e. The molecular weight excluding hydrogens is 486 g/mol. The van der Waals surface area contributed by atoms with Gasteiger partial charge in [-0.25, -0.2) is 0 Å². The topological polar surface area (TPSA) is 102 Å². The number of nitrogens with two attached hydrogens (primary N) is 1. The molecule has 3 aromatic carbocycles. The molecule has 0 spiro atoms. The number of ether oxygens (including phenoxy) is 1. The van der Waals surface area contributed by atoms with E-state index in [1.54, 1.807) is 6.20 Å². The van der Waals surface area contributed by atoms with Crippen molar-refractivity contribution in [3.63, 3.8) is 0 Å². The van der Waals surface area contributed by atoms with Gasteiger partial charge >= 0.3 is 0 Å². The first-order valence-corrected chi connectivity index (χ1v) is 13.4. The van der Waals surface area contributed by atoms with Gasteiger partial charge in [0.25, 0.3) is 5.56 Å². The van der Waals surface area contributed by atoms with Crippen LogP contribution in [0.25, 0.3) is 54.7 Å². The quantitative estimate of drug-likeness (QED) is 0.214. The third-order valence-electron chi connectivity index (χ3n) is 7.28. The summed E-state index contributed by atoms with van der Waals surface area (Å²) in [5, 5.41) is 11.7. The van der Waals surface area contributed by atoms with Crippen molar-refractivity contribution in [2.45, 2.75) is 45.9 Å². The van der Waals surface area contributed by atoms with Crippen LogP contribution in [0, 0.1) is 0 Å². The van der Waals surface area contributed by atoms with Gasteiger partial charge in [-0.15, -0.1) is 0 Å². The molecule has 0 amide bonds. The molecule has 0 fully saturated rings. The molecule has 0 unspecified atom stereocenters. The van der Waals surface area contributed by atoms with E-state index >= 15 is 0 Å². The number of fused-ring (bicyclic) bond motifs is 4. The second-order valence-corrected chi connectivity index (χ2v) is 11.0. The first-order valence-electron chi connectivity index (χ1n) is 13.4. The van der Waals surface area contributed by atoms with E-state index in [9.17, 15) is 4.79 Å². The van der Waals surface area contributed by atoms with Crippen LogP contribution >= 0.6 is 0 Å². The van der Waals surface area contributed by atoms with E-state index in [4.69, 9.17) is 10.5 Å². The number of hydrogen-bond donors (Lipinski definition) is 3. The Bertz CT molecular complexity index is 1860. The van der Waals surface area contributed by atoms with Gasteiger partial charge in [-0.05, 0) is 85.6 Å². The van der Waals surface area contributed by atoms with Crippen molar-refractivity contribution in [3.8, 4) is 22.3 Å². The van der Waals surface area contributed by atoms with Crippen LogP contribution in [0.5, 0.6) is 0 Å². The van der Waals surface area contributed by atoms with Crippen molar-refractivity contribution in [1.82, 2.24) is 19.7 Å². The van der Waals surface area contributed by atoms with E-state index < -0.39 is 0 Å². The molecule has 0 radical (unpaired) electrons. The molecule has 6 aromatic rings. The van der Waals surface area contributed by atoms with Crippen LogP contribution < -0.4 is 11.3 Å². The van der Waals surface area contributed by atoms with E-state index in [0.717, 1.165) is 62.2 Å². The summed E-state index contributed by atoms with van der Waals surface area (Å²) in [4.78, 5) is 16.5. The fraction of sp³-hybridized carbons (Fsp3) is 0.250. The molecule has 198 valence electrons. The summed E-state index contributed by atoms with van der Waals surface area (Å²) in [6.45, 7) is 7.21. The number of nitrogens with one attached hydrogen (secondary N) is 2. The van der Waals surface area contributed by atoms with Crippen LogP contribution in [-0.2, 0) is 17.9 Å². The molecule has 7 heteroatoms. The number of hydrogen-bond acceptors (Lipinski definition) is 4. The Balaban J connectivity index is 1.64. The molecule has 0 aliphatic heterocycles. The van der Waals surface area contributed by atoms with Crippen molar-refractivity contribution in [3.05, 3.63) is 89.2 Å². The second kappa shape index (κ2) is 9.84. The maximum atomic E-state index is 13.5. The van der Waals surface area contributed by atoms with Gasteiger partial charge in [0.05, 0.1) is 22.7 Å². The summed E-state index contributed by atoms with van der Waals surface area (Å²) < 4.78 is 8.27. The minimum atomic E-state index is -0.264. The molecule has 0 saturated heterocycles. The van der Waals surface area contributed by atoms with Gasteiger partial charge in [0.1, 0.15) is 6.73 Å². The SMILES string of the molecule is CC(C)(C)OCn1cc(-c2c[nH]c(=O)c3c2cc(CCCN)c2ccc(-c4cn[nH]c4)cc23)c2ccccc21. The maximum Gasteiger partial charge on any atom is 0.256 e. The highest BCUT2D eigenvalue weighted by molar-refractivity contribution is 6.15. The molecular formula is C32H33N5O2. The molecule has 0 bridgehead atoms. The average Bonchev–Trinajstić information content (AvgIpc) is 3.59. The summed E-state index contributed by atoms with van der Waals surface area (Å²) in [5.41, 5.74) is 11.8. The van der Waals surface area contributed by atoms with Crippen LogP contribution in [0.4, 0.5) is 0 Å². The molecule has 0 atom stereocenters. The number of aromatic nitrogens is 4. The molecule has 0 aliphatic carbocycles. The van der Waals surface area contributed by atoms with Crippen LogP contribution in [0.1, 0.15) is 32.8 Å². The Morgan fingerprint density at radius 1 is 0.949 bits per heavy atom. The summed E-state index contributed by atoms with van der Waals surface area (Å²) >= 11 is 0. The van der Waals surface area contributed by atoms with Crippen molar-refractivity contribution in [2.75, 3.05) is 6.54 Å². The molecule has 0 saturated carbocycles. The van der Waals surface area contributed by atoms with E-state index in [1.807, 2.05) is 24.5 Å². The minimum absolute atomic E-state index is 0.103. The van der Waals surface area contributed by atoms with Gasteiger partial charge in [-0.3, -0.25) is 9.89 Å². The van der Waals surface area contributed by atoms with Crippen molar-refractivity contribution in [2.24, 2.45) is 5.73 Å². The first-order chi connectivity index (χ1) is 18.8. The van der Waals surface area contributed by atoms with Crippen LogP contribution in [0.15, 0.2) is 78.1 Å². The van der Waals surface area contributed by atoms with Crippen molar-refractivity contribution in [1.29, 1.82) is 0 Å². The van der Waals surface area contributed by atoms with Gasteiger partial charge in [0.2, 0.25) is 0 Å². The highest BCUT2D eigenvalue weighted by Gasteiger charge is 2.19. The summed E-state index contributed by atoms with van der Waals surface area (Å²) in [7, 11) is 0. The van der Waals surface area contributed by atoms with Gasteiger partial charge in [-0.2, -0.15) is 5.10 Å². The zero-order chi connectivity index (χ0) is 27.1. The number of aromatic amines is 2. The Kier molecular flexibility index (Phi) is 6.33. The lowest BCUT2D eigenvalue weighted by Gasteiger charge is -2.20. The van der Waals surface area contributed by atoms with Gasteiger partial charge in [-0.1, -0.05) is 30.3 Å². The highest BCUT2D eigenvalue weighted by Crippen LogP contribution is 2.38. The second-order valence-electron chi connectivity index (χ2n) is 11.0. The normalized spacial score (nSPS) is 12.2. The zero-order valence-corrected chi connectivity index (χ0v) is 22.5. The molecule has 3 aromatic heterocycles. The van der Waals surface area contributed by atoms with E-state index in [-0.39, 0.29) is 11.2 Å². The minimum Gasteiger partial charge on any atom is -0.355 e. The molecule has 7 nitrogen and oxygen atoms in total. The number of nitrogens with zero attached hydrogens (tertiary/aromatic N) is 2. The molecule has 3 heterocycles. The van der Waals surface area contributed by atoms with Gasteiger partial charge in [0.15, 0.2) is 0 Å². The molecule has 39 heavy (non-hydrogen) atoms. The van der Waals surface area contributed by atoms with Crippen molar-refractivity contribution >= 4 is 32.4 Å². The highest BCUT2D eigenvalue weighted by atomic mass is 16.5. The summed E-state index contributed by atoms with van der Waals surface area (Å²) in [6, 6.07) is 16.8. The van der Waals surface area contributed by atoms with Gasteiger partial charge < -0.3 is 20.0 Å². The van der Waals surface area contributed by atoms with E-state index in [1.165, 1.54) is 5.56 Å². The molecule has 4 N–H and O–H groups in total. The van der Waals surface area contributed by atoms with Crippen LogP contribution in [0.2, 0.25) is 0 Å². The fourth-order valence-electron chi connectivity index (χ4n) is 5.39. The first kappa shape index (κ1) is 25.1. The fourth-order valence-corrected chi connectivity index (χ4v) is 5.39. The average molecular weight is 520 g/mol. The number of pyridine rings is 1. The zero-order valence-electron chi connectivity index (χ0n) is 22.5. The number of aryl methyl sites for hydroxylation is 1. The number of benzene rings is 3. The van der Waals surface area contributed by atoms with E-state index in [0.29, 0.717) is 18.7 Å². The van der Waals surface area contributed by atoms with Crippen molar-refractivity contribution < 1.29 is 4.74 Å². The predicted molar refractivity (Wildman–Crippen MR) is 159 cm³/mol. The van der Waals surface area contributed by atoms with Crippen LogP contribution in [0.3, 0.4) is 0 Å². The third-order valence-corrected chi connectivity index (χ3v) is 7.28.